The van der Waals surface area contributed by atoms with Gasteiger partial charge in [-0.3, -0.25) is 4.90 Å². The molecule has 2 heterocycles. The number of rotatable bonds is 6. The first-order valence-corrected chi connectivity index (χ1v) is 9.29. The molecule has 0 aliphatic carbocycles. The van der Waals surface area contributed by atoms with Crippen molar-refractivity contribution in [3.05, 3.63) is 59.8 Å². The van der Waals surface area contributed by atoms with Gasteiger partial charge in [0.05, 0.1) is 13.0 Å². The fourth-order valence-electron chi connectivity index (χ4n) is 3.83. The van der Waals surface area contributed by atoms with E-state index in [9.17, 15) is 13.2 Å². The first-order chi connectivity index (χ1) is 13.0. The van der Waals surface area contributed by atoms with Crippen LogP contribution >= 0.6 is 0 Å². The van der Waals surface area contributed by atoms with Gasteiger partial charge in [0.25, 0.3) is 0 Å². The maximum absolute atomic E-state index is 13.6. The summed E-state index contributed by atoms with van der Waals surface area (Å²) in [6, 6.07) is 12.1. The van der Waals surface area contributed by atoms with Crippen LogP contribution in [-0.4, -0.2) is 36.3 Å². The average Bonchev–Trinajstić information content (AvgIpc) is 2.67. The number of hydrogen-bond donors (Lipinski definition) is 0. The molecule has 1 unspecified atom stereocenters. The molecular weight excluding hydrogens is 353 g/mol. The smallest absolute Gasteiger partial charge is 0.395 e. The van der Waals surface area contributed by atoms with E-state index in [0.29, 0.717) is 18.0 Å². The summed E-state index contributed by atoms with van der Waals surface area (Å²) >= 11 is 0. The molecule has 3 rings (SSSR count). The number of piperidine rings is 1. The van der Waals surface area contributed by atoms with Gasteiger partial charge in [-0.05, 0) is 49.9 Å². The van der Waals surface area contributed by atoms with Gasteiger partial charge in [0.1, 0.15) is 0 Å². The van der Waals surface area contributed by atoms with Crippen molar-refractivity contribution in [2.24, 2.45) is 5.92 Å². The second kappa shape index (κ2) is 8.74. The number of likely N-dealkylation sites (tertiary alicyclic amines) is 1. The topological polar surface area (TPSA) is 25.4 Å². The number of ether oxygens (including phenoxy) is 1. The van der Waals surface area contributed by atoms with E-state index in [4.69, 9.17) is 4.74 Å². The molecule has 0 spiro atoms. The van der Waals surface area contributed by atoms with E-state index in [1.807, 2.05) is 12.1 Å². The lowest BCUT2D eigenvalue weighted by atomic mass is 9.83. The van der Waals surface area contributed by atoms with Crippen LogP contribution in [-0.2, 0) is 6.54 Å². The Kier molecular flexibility index (Phi) is 6.37. The largest absolute Gasteiger partial charge is 0.481 e. The quantitative estimate of drug-likeness (QED) is 0.704. The molecule has 1 aliphatic rings. The fourth-order valence-corrected chi connectivity index (χ4v) is 3.83. The molecule has 1 fully saturated rings. The van der Waals surface area contributed by atoms with Gasteiger partial charge in [0.15, 0.2) is 0 Å². The SMILES string of the molecule is COc1ncccc1CN1CCC(CC(c2ccccc2)C(F)(F)F)CC1. The normalized spacial score (nSPS) is 17.6. The van der Waals surface area contributed by atoms with Crippen LogP contribution in [0.1, 0.15) is 36.3 Å². The third-order valence-electron chi connectivity index (χ3n) is 5.31. The molecule has 0 radical (unpaired) electrons. The number of halogens is 3. The van der Waals surface area contributed by atoms with Gasteiger partial charge in [-0.1, -0.05) is 36.4 Å². The number of alkyl halides is 3. The lowest BCUT2D eigenvalue weighted by Crippen LogP contribution is -2.35. The van der Waals surface area contributed by atoms with Crippen molar-refractivity contribution in [2.75, 3.05) is 20.2 Å². The third-order valence-corrected chi connectivity index (χ3v) is 5.31. The Labute approximate surface area is 158 Å². The molecule has 6 heteroatoms. The Morgan fingerprint density at radius 2 is 1.81 bits per heavy atom. The molecule has 3 nitrogen and oxygen atoms in total. The Bertz CT molecular complexity index is 713. The predicted octanol–water partition coefficient (Wildman–Crippen LogP) is 5.04. The second-order valence-corrected chi connectivity index (χ2v) is 7.13. The van der Waals surface area contributed by atoms with Crippen LogP contribution in [0.5, 0.6) is 5.88 Å². The van der Waals surface area contributed by atoms with Gasteiger partial charge in [-0.2, -0.15) is 13.2 Å². The number of methoxy groups -OCH3 is 1. The van der Waals surface area contributed by atoms with Crippen LogP contribution in [0.4, 0.5) is 13.2 Å². The summed E-state index contributed by atoms with van der Waals surface area (Å²) in [6.45, 7) is 2.30. The summed E-state index contributed by atoms with van der Waals surface area (Å²) in [4.78, 5) is 6.47. The van der Waals surface area contributed by atoms with Gasteiger partial charge in [0.2, 0.25) is 5.88 Å². The number of aromatic nitrogens is 1. The molecule has 1 aromatic carbocycles. The zero-order valence-corrected chi connectivity index (χ0v) is 15.5. The lowest BCUT2D eigenvalue weighted by Gasteiger charge is -2.34. The van der Waals surface area contributed by atoms with Gasteiger partial charge < -0.3 is 4.74 Å². The van der Waals surface area contributed by atoms with Crippen LogP contribution in [0.3, 0.4) is 0 Å². The molecule has 0 saturated carbocycles. The maximum Gasteiger partial charge on any atom is 0.395 e. The zero-order chi connectivity index (χ0) is 19.3. The molecule has 1 atom stereocenters. The third kappa shape index (κ3) is 5.22. The molecule has 0 bridgehead atoms. The Morgan fingerprint density at radius 1 is 1.11 bits per heavy atom. The van der Waals surface area contributed by atoms with Crippen molar-refractivity contribution in [1.29, 1.82) is 0 Å². The van der Waals surface area contributed by atoms with Crippen LogP contribution in [0.15, 0.2) is 48.7 Å². The molecular formula is C21H25F3N2O. The zero-order valence-electron chi connectivity index (χ0n) is 15.5. The van der Waals surface area contributed by atoms with Gasteiger partial charge in [-0.25, -0.2) is 4.98 Å². The summed E-state index contributed by atoms with van der Waals surface area (Å²) in [7, 11) is 1.60. The summed E-state index contributed by atoms with van der Waals surface area (Å²) < 4.78 is 46.0. The first kappa shape index (κ1) is 19.7. The average molecular weight is 378 g/mol. The van der Waals surface area contributed by atoms with Crippen LogP contribution in [0.2, 0.25) is 0 Å². The van der Waals surface area contributed by atoms with Crippen LogP contribution in [0, 0.1) is 5.92 Å². The van der Waals surface area contributed by atoms with Crippen molar-refractivity contribution in [1.82, 2.24) is 9.88 Å². The molecule has 27 heavy (non-hydrogen) atoms. The van der Waals surface area contributed by atoms with E-state index >= 15 is 0 Å². The predicted molar refractivity (Wildman–Crippen MR) is 98.6 cm³/mol. The number of hydrogen-bond acceptors (Lipinski definition) is 3. The second-order valence-electron chi connectivity index (χ2n) is 7.13. The summed E-state index contributed by atoms with van der Waals surface area (Å²) in [5.74, 6) is -0.682. The van der Waals surface area contributed by atoms with Crippen molar-refractivity contribution in [2.45, 2.75) is 37.9 Å². The summed E-state index contributed by atoms with van der Waals surface area (Å²) in [5.41, 5.74) is 1.38. The molecule has 1 aromatic heterocycles. The minimum absolute atomic E-state index is 0.0869. The van der Waals surface area contributed by atoms with Crippen LogP contribution < -0.4 is 4.74 Å². The van der Waals surface area contributed by atoms with Crippen LogP contribution in [0.25, 0.3) is 0 Å². The number of benzene rings is 1. The standard InChI is InChI=1S/C21H25F3N2O/c1-27-20-18(8-5-11-25-20)15-26-12-9-16(10-13-26)14-19(21(22,23)24)17-6-3-2-4-7-17/h2-8,11,16,19H,9-10,12-15H2,1H3. The molecule has 2 aromatic rings. The lowest BCUT2D eigenvalue weighted by molar-refractivity contribution is -0.155. The Balaban J connectivity index is 1.58. The van der Waals surface area contributed by atoms with Crippen molar-refractivity contribution >= 4 is 0 Å². The highest BCUT2D eigenvalue weighted by molar-refractivity contribution is 5.25. The van der Waals surface area contributed by atoms with E-state index < -0.39 is 12.1 Å². The van der Waals surface area contributed by atoms with Gasteiger partial charge in [0, 0.05) is 18.3 Å². The Hall–Kier alpha value is -2.08. The summed E-state index contributed by atoms with van der Waals surface area (Å²) in [5, 5.41) is 0. The molecule has 146 valence electrons. The van der Waals surface area contributed by atoms with E-state index in [1.165, 1.54) is 0 Å². The minimum Gasteiger partial charge on any atom is -0.481 e. The molecule has 1 saturated heterocycles. The summed E-state index contributed by atoms with van der Waals surface area (Å²) in [6.07, 6.45) is -0.793. The number of nitrogens with zero attached hydrogens (tertiary/aromatic N) is 2. The van der Waals surface area contributed by atoms with E-state index in [1.54, 1.807) is 43.6 Å². The van der Waals surface area contributed by atoms with E-state index in [2.05, 4.69) is 9.88 Å². The monoisotopic (exact) mass is 378 g/mol. The highest BCUT2D eigenvalue weighted by Gasteiger charge is 2.42. The van der Waals surface area contributed by atoms with E-state index in [0.717, 1.165) is 31.5 Å². The van der Waals surface area contributed by atoms with E-state index in [-0.39, 0.29) is 12.3 Å². The van der Waals surface area contributed by atoms with Gasteiger partial charge >= 0.3 is 6.18 Å². The van der Waals surface area contributed by atoms with Crippen molar-refractivity contribution in [3.8, 4) is 5.88 Å². The highest BCUT2D eigenvalue weighted by atomic mass is 19.4. The molecule has 0 N–H and O–H groups in total. The molecule has 0 amide bonds. The number of pyridine rings is 1. The van der Waals surface area contributed by atoms with Gasteiger partial charge in [-0.15, -0.1) is 0 Å². The highest BCUT2D eigenvalue weighted by Crippen LogP contribution is 2.41. The molecule has 1 aliphatic heterocycles. The fraction of sp³-hybridized carbons (Fsp3) is 0.476. The maximum atomic E-state index is 13.6. The first-order valence-electron chi connectivity index (χ1n) is 9.29. The Morgan fingerprint density at radius 3 is 2.44 bits per heavy atom. The van der Waals surface area contributed by atoms with Crippen molar-refractivity contribution < 1.29 is 17.9 Å². The minimum atomic E-state index is -4.21. The van der Waals surface area contributed by atoms with Crippen molar-refractivity contribution in [3.63, 3.8) is 0 Å².